The number of primary sulfonamides is 1. The largest absolute Gasteiger partial charge is 0.243 e. The Labute approximate surface area is 124 Å². The summed E-state index contributed by atoms with van der Waals surface area (Å²) in [6.45, 7) is 3.74. The molecule has 120 valence electrons. The Kier molecular flexibility index (Phi) is 5.85. The van der Waals surface area contributed by atoms with Crippen LogP contribution in [0.1, 0.15) is 33.1 Å². The molecule has 0 aliphatic heterocycles. The van der Waals surface area contributed by atoms with E-state index >= 15 is 0 Å². The fraction of sp³-hybridized carbons (Fsp3) is 0.500. The van der Waals surface area contributed by atoms with E-state index in [2.05, 4.69) is 4.72 Å². The average Bonchev–Trinajstić information content (AvgIpc) is 2.36. The molecule has 0 saturated heterocycles. The number of hydrogen-bond donors (Lipinski definition) is 2. The molecule has 0 aromatic heterocycles. The molecular formula is C12H19FN2O4S2. The molecular weight excluding hydrogens is 319 g/mol. The predicted molar refractivity (Wildman–Crippen MR) is 77.1 cm³/mol. The van der Waals surface area contributed by atoms with Crippen molar-refractivity contribution in [3.63, 3.8) is 0 Å². The van der Waals surface area contributed by atoms with Crippen LogP contribution < -0.4 is 9.86 Å². The zero-order valence-corrected chi connectivity index (χ0v) is 13.5. The summed E-state index contributed by atoms with van der Waals surface area (Å²) in [5, 5.41) is 4.87. The van der Waals surface area contributed by atoms with Crippen molar-refractivity contribution in [2.24, 2.45) is 5.14 Å². The highest BCUT2D eigenvalue weighted by molar-refractivity contribution is 7.89. The summed E-state index contributed by atoms with van der Waals surface area (Å²) in [6.07, 6.45) is 1.99. The lowest BCUT2D eigenvalue weighted by atomic mass is 10.1. The Hall–Kier alpha value is -1.03. The highest BCUT2D eigenvalue weighted by Crippen LogP contribution is 2.19. The van der Waals surface area contributed by atoms with E-state index in [1.165, 1.54) is 0 Å². The molecule has 1 aromatic carbocycles. The smallest absolute Gasteiger partial charge is 0.225 e. The third-order valence-corrected chi connectivity index (χ3v) is 5.44. The first kappa shape index (κ1) is 18.0. The highest BCUT2D eigenvalue weighted by atomic mass is 32.2. The molecule has 1 unspecified atom stereocenters. The number of halogens is 1. The number of sulfonamides is 2. The lowest BCUT2D eigenvalue weighted by Gasteiger charge is -2.16. The Bertz CT molecular complexity index is 702. The van der Waals surface area contributed by atoms with Crippen LogP contribution in [0.25, 0.3) is 0 Å². The molecule has 9 heteroatoms. The number of nitrogens with two attached hydrogens (primary N) is 1. The maximum absolute atomic E-state index is 13.9. The molecule has 0 saturated carbocycles. The summed E-state index contributed by atoms with van der Waals surface area (Å²) in [4.78, 5) is -1.07. The third-order valence-electron chi connectivity index (χ3n) is 2.97. The fourth-order valence-electron chi connectivity index (χ4n) is 1.85. The second-order valence-electron chi connectivity index (χ2n) is 4.65. The molecule has 0 aliphatic carbocycles. The average molecular weight is 338 g/mol. The SMILES string of the molecule is CCCC(CC)NS(=O)(=O)c1ccc(S(N)(=O)=O)cc1F. The van der Waals surface area contributed by atoms with Crippen molar-refractivity contribution in [3.8, 4) is 0 Å². The van der Waals surface area contributed by atoms with Crippen molar-refractivity contribution in [2.75, 3.05) is 0 Å². The Balaban J connectivity index is 3.15. The lowest BCUT2D eigenvalue weighted by molar-refractivity contribution is 0.505. The van der Waals surface area contributed by atoms with Gasteiger partial charge in [-0.15, -0.1) is 0 Å². The van der Waals surface area contributed by atoms with Crippen molar-refractivity contribution >= 4 is 20.0 Å². The number of benzene rings is 1. The molecule has 1 aromatic rings. The van der Waals surface area contributed by atoms with Crippen LogP contribution in [0.3, 0.4) is 0 Å². The Morgan fingerprint density at radius 3 is 2.29 bits per heavy atom. The molecule has 0 fully saturated rings. The molecule has 0 radical (unpaired) electrons. The minimum Gasteiger partial charge on any atom is -0.225 e. The van der Waals surface area contributed by atoms with E-state index in [0.29, 0.717) is 18.9 Å². The first-order valence-corrected chi connectivity index (χ1v) is 9.49. The Morgan fingerprint density at radius 2 is 1.86 bits per heavy atom. The van der Waals surface area contributed by atoms with Crippen LogP contribution in [-0.4, -0.2) is 22.9 Å². The maximum Gasteiger partial charge on any atom is 0.243 e. The standard InChI is InChI=1S/C12H19FN2O4S2/c1-3-5-9(4-2)15-21(18,19)12-7-6-10(8-11(12)13)20(14,16)17/h6-9,15H,3-5H2,1-2H3,(H2,14,16,17). The van der Waals surface area contributed by atoms with E-state index in [0.717, 1.165) is 18.6 Å². The van der Waals surface area contributed by atoms with Gasteiger partial charge in [-0.2, -0.15) is 0 Å². The normalized spacial score (nSPS) is 14.1. The number of rotatable bonds is 7. The van der Waals surface area contributed by atoms with Gasteiger partial charge in [0, 0.05) is 6.04 Å². The van der Waals surface area contributed by atoms with E-state index < -0.39 is 35.7 Å². The van der Waals surface area contributed by atoms with E-state index in [-0.39, 0.29) is 6.04 Å². The first-order chi connectivity index (χ1) is 9.61. The summed E-state index contributed by atoms with van der Waals surface area (Å²) >= 11 is 0. The van der Waals surface area contributed by atoms with Crippen LogP contribution >= 0.6 is 0 Å². The molecule has 1 rings (SSSR count). The van der Waals surface area contributed by atoms with Gasteiger partial charge < -0.3 is 0 Å². The van der Waals surface area contributed by atoms with Crippen molar-refractivity contribution in [1.29, 1.82) is 0 Å². The maximum atomic E-state index is 13.9. The second-order valence-corrected chi connectivity index (χ2v) is 7.90. The molecule has 0 spiro atoms. The van der Waals surface area contributed by atoms with Gasteiger partial charge in [0.1, 0.15) is 10.7 Å². The molecule has 0 aliphatic rings. The topological polar surface area (TPSA) is 106 Å². The van der Waals surface area contributed by atoms with Crippen LogP contribution in [0.15, 0.2) is 28.0 Å². The van der Waals surface area contributed by atoms with Gasteiger partial charge >= 0.3 is 0 Å². The lowest BCUT2D eigenvalue weighted by Crippen LogP contribution is -2.34. The van der Waals surface area contributed by atoms with E-state index in [9.17, 15) is 21.2 Å². The zero-order valence-electron chi connectivity index (χ0n) is 11.8. The zero-order chi connectivity index (χ0) is 16.3. The molecule has 21 heavy (non-hydrogen) atoms. The van der Waals surface area contributed by atoms with E-state index in [1.54, 1.807) is 0 Å². The summed E-state index contributed by atoms with van der Waals surface area (Å²) in [5.41, 5.74) is 0. The van der Waals surface area contributed by atoms with Crippen LogP contribution in [0.5, 0.6) is 0 Å². The van der Waals surface area contributed by atoms with E-state index in [1.807, 2.05) is 13.8 Å². The van der Waals surface area contributed by atoms with Crippen molar-refractivity contribution in [3.05, 3.63) is 24.0 Å². The van der Waals surface area contributed by atoms with Gasteiger partial charge in [-0.25, -0.2) is 31.1 Å². The molecule has 0 bridgehead atoms. The fourth-order valence-corrected chi connectivity index (χ4v) is 3.79. The Morgan fingerprint density at radius 1 is 1.24 bits per heavy atom. The monoisotopic (exact) mass is 338 g/mol. The number of nitrogens with one attached hydrogen (secondary N) is 1. The van der Waals surface area contributed by atoms with Gasteiger partial charge in [0.2, 0.25) is 20.0 Å². The van der Waals surface area contributed by atoms with Gasteiger partial charge in [0.05, 0.1) is 4.90 Å². The van der Waals surface area contributed by atoms with Gasteiger partial charge in [-0.3, -0.25) is 0 Å². The van der Waals surface area contributed by atoms with Crippen LogP contribution in [0.4, 0.5) is 4.39 Å². The summed E-state index contributed by atoms with van der Waals surface area (Å²) < 4.78 is 62.7. The summed E-state index contributed by atoms with van der Waals surface area (Å²) in [6, 6.07) is 2.17. The molecule has 6 nitrogen and oxygen atoms in total. The van der Waals surface area contributed by atoms with Crippen molar-refractivity contribution in [1.82, 2.24) is 4.72 Å². The first-order valence-electron chi connectivity index (χ1n) is 6.46. The quantitative estimate of drug-likeness (QED) is 0.782. The third kappa shape index (κ3) is 4.73. The second kappa shape index (κ2) is 6.82. The molecule has 0 amide bonds. The predicted octanol–water partition coefficient (Wildman–Crippen LogP) is 1.33. The minimum absolute atomic E-state index is 0.294. The van der Waals surface area contributed by atoms with Crippen molar-refractivity contribution in [2.45, 2.75) is 48.9 Å². The van der Waals surface area contributed by atoms with Crippen LogP contribution in [0.2, 0.25) is 0 Å². The van der Waals surface area contributed by atoms with Gasteiger partial charge in [-0.1, -0.05) is 20.3 Å². The molecule has 3 N–H and O–H groups in total. The highest BCUT2D eigenvalue weighted by Gasteiger charge is 2.23. The summed E-state index contributed by atoms with van der Waals surface area (Å²) in [7, 11) is -8.13. The van der Waals surface area contributed by atoms with Crippen LogP contribution in [0, 0.1) is 5.82 Å². The van der Waals surface area contributed by atoms with Gasteiger partial charge in [0.25, 0.3) is 0 Å². The van der Waals surface area contributed by atoms with Gasteiger partial charge in [-0.05, 0) is 31.0 Å². The molecule has 1 atom stereocenters. The summed E-state index contributed by atoms with van der Waals surface area (Å²) in [5.74, 6) is -1.15. The van der Waals surface area contributed by atoms with Gasteiger partial charge in [0.15, 0.2) is 0 Å². The van der Waals surface area contributed by atoms with E-state index in [4.69, 9.17) is 5.14 Å². The molecule has 0 heterocycles. The van der Waals surface area contributed by atoms with Crippen LogP contribution in [-0.2, 0) is 20.0 Å². The van der Waals surface area contributed by atoms with Crippen molar-refractivity contribution < 1.29 is 21.2 Å². The minimum atomic E-state index is -4.08. The number of hydrogen-bond acceptors (Lipinski definition) is 4.